The van der Waals surface area contributed by atoms with Crippen molar-refractivity contribution in [1.29, 1.82) is 5.26 Å². The second-order valence-corrected chi connectivity index (χ2v) is 8.59. The van der Waals surface area contributed by atoms with Crippen LogP contribution in [0.4, 0.5) is 0 Å². The highest BCUT2D eigenvalue weighted by Crippen LogP contribution is 2.32. The molecule has 1 fully saturated rings. The average Bonchev–Trinajstić information content (AvgIpc) is 3.21. The van der Waals surface area contributed by atoms with E-state index in [1.54, 1.807) is 7.11 Å². The van der Waals surface area contributed by atoms with Gasteiger partial charge in [0, 0.05) is 4.88 Å². The van der Waals surface area contributed by atoms with Gasteiger partial charge in [0.2, 0.25) is 5.91 Å². The lowest BCUT2D eigenvalue weighted by molar-refractivity contribution is -0.123. The largest absolute Gasteiger partial charge is 0.497 e. The molecule has 2 aromatic heterocycles. The Kier molecular flexibility index (Phi) is 5.55. The van der Waals surface area contributed by atoms with Crippen LogP contribution in [0.3, 0.4) is 0 Å². The smallest absolute Gasteiger partial charge is 0.271 e. The number of thiophene rings is 1. The summed E-state index contributed by atoms with van der Waals surface area (Å²) in [5.41, 5.74) is 0.500. The number of carbonyl (C=O) groups is 1. The normalized spacial score (nSPS) is 15.5. The molecule has 154 valence electrons. The maximum Gasteiger partial charge on any atom is 0.271 e. The van der Waals surface area contributed by atoms with Crippen LogP contribution < -0.4 is 15.6 Å². The Morgan fingerprint density at radius 1 is 1.30 bits per heavy atom. The topological polar surface area (TPSA) is 97.0 Å². The predicted octanol–water partition coefficient (Wildman–Crippen LogP) is 3.48. The lowest BCUT2D eigenvalue weighted by Crippen LogP contribution is -2.50. The average molecular weight is 423 g/mol. The molecular formula is C22H22N4O3S. The molecule has 0 radical (unpaired) electrons. The van der Waals surface area contributed by atoms with E-state index in [2.05, 4.69) is 16.4 Å². The summed E-state index contributed by atoms with van der Waals surface area (Å²) in [6.07, 6.45) is 5.62. The number of amides is 1. The standard InChI is InChI=1S/C22H22N4O3S/c1-29-16-7-5-15(6-8-16)18-11-17-20(30-18)21(28)26(14-24-17)12-19(27)25-22(13-23)9-3-2-4-10-22/h5-8,11,14H,2-4,9-10,12H2,1H3,(H,25,27). The summed E-state index contributed by atoms with van der Waals surface area (Å²) in [5, 5.41) is 12.4. The van der Waals surface area contributed by atoms with Crippen molar-refractivity contribution in [2.45, 2.75) is 44.2 Å². The van der Waals surface area contributed by atoms with Gasteiger partial charge in [-0.1, -0.05) is 19.3 Å². The zero-order chi connectivity index (χ0) is 21.1. The summed E-state index contributed by atoms with van der Waals surface area (Å²) in [4.78, 5) is 30.8. The number of nitrogens with one attached hydrogen (secondary N) is 1. The van der Waals surface area contributed by atoms with Crippen molar-refractivity contribution in [3.63, 3.8) is 0 Å². The van der Waals surface area contributed by atoms with E-state index < -0.39 is 5.54 Å². The van der Waals surface area contributed by atoms with Gasteiger partial charge in [0.15, 0.2) is 0 Å². The minimum Gasteiger partial charge on any atom is -0.497 e. The van der Waals surface area contributed by atoms with Gasteiger partial charge in [-0.05, 0) is 48.7 Å². The number of rotatable bonds is 5. The van der Waals surface area contributed by atoms with Crippen LogP contribution in [-0.4, -0.2) is 28.1 Å². The first-order chi connectivity index (χ1) is 14.5. The number of nitriles is 1. The quantitative estimate of drug-likeness (QED) is 0.679. The number of hydrogen-bond donors (Lipinski definition) is 1. The number of aromatic nitrogens is 2. The van der Waals surface area contributed by atoms with Gasteiger partial charge in [0.25, 0.3) is 5.56 Å². The van der Waals surface area contributed by atoms with Crippen molar-refractivity contribution >= 4 is 27.5 Å². The molecular weight excluding hydrogens is 400 g/mol. The monoisotopic (exact) mass is 422 g/mol. The lowest BCUT2D eigenvalue weighted by Gasteiger charge is -2.31. The fraction of sp³-hybridized carbons (Fsp3) is 0.364. The van der Waals surface area contributed by atoms with Gasteiger partial charge in [-0.2, -0.15) is 5.26 Å². The van der Waals surface area contributed by atoms with Crippen LogP contribution in [0.25, 0.3) is 20.7 Å². The molecule has 2 heterocycles. The molecule has 0 unspecified atom stereocenters. The Balaban J connectivity index is 1.56. The van der Waals surface area contributed by atoms with Gasteiger partial charge in [0.1, 0.15) is 22.5 Å². The summed E-state index contributed by atoms with van der Waals surface area (Å²) in [6.45, 7) is -0.152. The van der Waals surface area contributed by atoms with Crippen molar-refractivity contribution in [3.8, 4) is 22.3 Å². The fourth-order valence-corrected chi connectivity index (χ4v) is 4.90. The maximum atomic E-state index is 12.9. The van der Waals surface area contributed by atoms with Crippen molar-refractivity contribution in [3.05, 3.63) is 47.0 Å². The molecule has 1 N–H and O–H groups in total. The number of hydrogen-bond acceptors (Lipinski definition) is 6. The summed E-state index contributed by atoms with van der Waals surface area (Å²) < 4.78 is 6.99. The first-order valence-corrected chi connectivity index (χ1v) is 10.7. The van der Waals surface area contributed by atoms with E-state index in [-0.39, 0.29) is 18.0 Å². The van der Waals surface area contributed by atoms with Crippen molar-refractivity contribution in [2.24, 2.45) is 0 Å². The first-order valence-electron chi connectivity index (χ1n) is 9.89. The van der Waals surface area contributed by atoms with Crippen LogP contribution in [-0.2, 0) is 11.3 Å². The van der Waals surface area contributed by atoms with Crippen molar-refractivity contribution < 1.29 is 9.53 Å². The highest BCUT2D eigenvalue weighted by molar-refractivity contribution is 7.22. The van der Waals surface area contributed by atoms with Crippen LogP contribution in [0.5, 0.6) is 5.75 Å². The van der Waals surface area contributed by atoms with E-state index in [0.717, 1.165) is 35.5 Å². The van der Waals surface area contributed by atoms with Gasteiger partial charge < -0.3 is 10.1 Å². The molecule has 0 saturated heterocycles. The number of nitrogens with zero attached hydrogens (tertiary/aromatic N) is 3. The van der Waals surface area contributed by atoms with Crippen LogP contribution in [0.1, 0.15) is 32.1 Å². The van der Waals surface area contributed by atoms with Crippen LogP contribution >= 0.6 is 11.3 Å². The molecule has 30 heavy (non-hydrogen) atoms. The van der Waals surface area contributed by atoms with Crippen molar-refractivity contribution in [1.82, 2.24) is 14.9 Å². The second kappa shape index (κ2) is 8.28. The van der Waals surface area contributed by atoms with Crippen LogP contribution in [0, 0.1) is 11.3 Å². The van der Waals surface area contributed by atoms with E-state index in [1.807, 2.05) is 30.3 Å². The molecule has 1 aliphatic rings. The van der Waals surface area contributed by atoms with E-state index in [9.17, 15) is 14.9 Å². The molecule has 1 aromatic carbocycles. The molecule has 0 spiro atoms. The Morgan fingerprint density at radius 2 is 2.03 bits per heavy atom. The second-order valence-electron chi connectivity index (χ2n) is 7.53. The maximum absolute atomic E-state index is 12.9. The minimum atomic E-state index is -0.819. The Hall–Kier alpha value is -3.18. The molecule has 1 aliphatic carbocycles. The van der Waals surface area contributed by atoms with E-state index in [4.69, 9.17) is 4.74 Å². The zero-order valence-electron chi connectivity index (χ0n) is 16.7. The molecule has 7 nitrogen and oxygen atoms in total. The Bertz CT molecular complexity index is 1170. The molecule has 0 aliphatic heterocycles. The number of fused-ring (bicyclic) bond motifs is 1. The minimum absolute atomic E-state index is 0.152. The summed E-state index contributed by atoms with van der Waals surface area (Å²) >= 11 is 1.35. The summed E-state index contributed by atoms with van der Waals surface area (Å²) in [6, 6.07) is 11.7. The van der Waals surface area contributed by atoms with E-state index in [0.29, 0.717) is 23.1 Å². The van der Waals surface area contributed by atoms with Gasteiger partial charge in [-0.3, -0.25) is 14.2 Å². The Morgan fingerprint density at radius 3 is 2.70 bits per heavy atom. The molecule has 8 heteroatoms. The third-order valence-electron chi connectivity index (χ3n) is 5.49. The number of methoxy groups -OCH3 is 1. The number of carbonyl (C=O) groups excluding carboxylic acids is 1. The molecule has 3 aromatic rings. The van der Waals surface area contributed by atoms with Gasteiger partial charge in [0.05, 0.1) is 25.0 Å². The SMILES string of the molecule is COc1ccc(-c2cc3ncn(CC(=O)NC4(C#N)CCCCC4)c(=O)c3s2)cc1. The predicted molar refractivity (Wildman–Crippen MR) is 115 cm³/mol. The third-order valence-corrected chi connectivity index (χ3v) is 6.65. The van der Waals surface area contributed by atoms with Gasteiger partial charge in [-0.25, -0.2) is 4.98 Å². The van der Waals surface area contributed by atoms with Gasteiger partial charge in [-0.15, -0.1) is 11.3 Å². The summed E-state index contributed by atoms with van der Waals surface area (Å²) in [7, 11) is 1.61. The zero-order valence-corrected chi connectivity index (χ0v) is 17.5. The van der Waals surface area contributed by atoms with E-state index in [1.165, 1.54) is 22.2 Å². The molecule has 1 saturated carbocycles. The fourth-order valence-electron chi connectivity index (χ4n) is 3.84. The van der Waals surface area contributed by atoms with E-state index >= 15 is 0 Å². The number of benzene rings is 1. The third kappa shape index (κ3) is 3.94. The summed E-state index contributed by atoms with van der Waals surface area (Å²) in [5.74, 6) is 0.424. The van der Waals surface area contributed by atoms with Crippen molar-refractivity contribution in [2.75, 3.05) is 7.11 Å². The molecule has 0 bridgehead atoms. The molecule has 4 rings (SSSR count). The highest BCUT2D eigenvalue weighted by atomic mass is 32.1. The molecule has 0 atom stereocenters. The van der Waals surface area contributed by atoms with Crippen LogP contribution in [0.15, 0.2) is 41.5 Å². The number of ether oxygens (including phenoxy) is 1. The van der Waals surface area contributed by atoms with Crippen LogP contribution in [0.2, 0.25) is 0 Å². The highest BCUT2D eigenvalue weighted by Gasteiger charge is 2.33. The first kappa shape index (κ1) is 20.1. The lowest BCUT2D eigenvalue weighted by atomic mass is 9.83. The molecule has 1 amide bonds. The Labute approximate surface area is 177 Å². The van der Waals surface area contributed by atoms with Gasteiger partial charge >= 0.3 is 0 Å².